The van der Waals surface area contributed by atoms with Crippen LogP contribution in [0.4, 0.5) is 0 Å². The van der Waals surface area contributed by atoms with Gasteiger partial charge >= 0.3 is 0 Å². The zero-order chi connectivity index (χ0) is 13.7. The minimum Gasteiger partial charge on any atom is -0.294 e. The lowest BCUT2D eigenvalue weighted by atomic mass is 10.1. The molecule has 1 aromatic carbocycles. The Hall–Kier alpha value is -1.74. The van der Waals surface area contributed by atoms with Crippen LogP contribution in [0.3, 0.4) is 0 Å². The van der Waals surface area contributed by atoms with Crippen LogP contribution >= 0.6 is 0 Å². The van der Waals surface area contributed by atoms with Gasteiger partial charge in [-0.3, -0.25) is 4.90 Å². The molecule has 0 saturated carbocycles. The standard InChI is InChI=1S/C16H21N3/c1-4-14-5-7-15(8-6-14)11-19(3)13(2)16-9-10-17-12-18-16/h5-10,12-13H,4,11H2,1-3H3/t13-/m1/s1. The molecule has 2 aromatic rings. The Balaban J connectivity index is 2.01. The van der Waals surface area contributed by atoms with E-state index in [0.717, 1.165) is 18.7 Å². The van der Waals surface area contributed by atoms with E-state index in [1.54, 1.807) is 12.5 Å². The molecule has 1 aromatic heterocycles. The quantitative estimate of drug-likeness (QED) is 0.821. The Morgan fingerprint density at radius 2 is 1.79 bits per heavy atom. The highest BCUT2D eigenvalue weighted by atomic mass is 15.1. The maximum atomic E-state index is 4.32. The summed E-state index contributed by atoms with van der Waals surface area (Å²) >= 11 is 0. The first-order valence-corrected chi connectivity index (χ1v) is 6.74. The van der Waals surface area contributed by atoms with Crippen LogP contribution in [0, 0.1) is 0 Å². The molecule has 0 fully saturated rings. The van der Waals surface area contributed by atoms with Crippen molar-refractivity contribution in [1.82, 2.24) is 14.9 Å². The van der Waals surface area contributed by atoms with Crippen molar-refractivity contribution in [3.63, 3.8) is 0 Å². The number of hydrogen-bond acceptors (Lipinski definition) is 3. The highest BCUT2D eigenvalue weighted by Crippen LogP contribution is 2.18. The Morgan fingerprint density at radius 3 is 2.37 bits per heavy atom. The SMILES string of the molecule is CCc1ccc(CN(C)[C@H](C)c2ccncn2)cc1. The molecule has 100 valence electrons. The lowest BCUT2D eigenvalue weighted by Gasteiger charge is -2.24. The molecule has 0 aliphatic carbocycles. The number of benzene rings is 1. The molecule has 0 unspecified atom stereocenters. The van der Waals surface area contributed by atoms with E-state index in [4.69, 9.17) is 0 Å². The number of aryl methyl sites for hydroxylation is 1. The minimum atomic E-state index is 0.286. The summed E-state index contributed by atoms with van der Waals surface area (Å²) in [6, 6.07) is 11.1. The van der Waals surface area contributed by atoms with Gasteiger partial charge in [0.2, 0.25) is 0 Å². The predicted molar refractivity (Wildman–Crippen MR) is 77.7 cm³/mol. The summed E-state index contributed by atoms with van der Waals surface area (Å²) in [5, 5.41) is 0. The first-order chi connectivity index (χ1) is 9.20. The van der Waals surface area contributed by atoms with Crippen LogP contribution in [0.25, 0.3) is 0 Å². The molecule has 2 rings (SSSR count). The zero-order valence-corrected chi connectivity index (χ0v) is 11.9. The summed E-state index contributed by atoms with van der Waals surface area (Å²) in [5.41, 5.74) is 3.78. The van der Waals surface area contributed by atoms with Crippen molar-refractivity contribution < 1.29 is 0 Å². The zero-order valence-electron chi connectivity index (χ0n) is 11.9. The molecule has 0 radical (unpaired) electrons. The molecule has 0 N–H and O–H groups in total. The summed E-state index contributed by atoms with van der Waals surface area (Å²) in [5.74, 6) is 0. The summed E-state index contributed by atoms with van der Waals surface area (Å²) in [6.07, 6.45) is 4.49. The second-order valence-electron chi connectivity index (χ2n) is 4.90. The highest BCUT2D eigenvalue weighted by Gasteiger charge is 2.12. The molecule has 3 nitrogen and oxygen atoms in total. The van der Waals surface area contributed by atoms with Crippen molar-refractivity contribution >= 4 is 0 Å². The number of nitrogens with zero attached hydrogens (tertiary/aromatic N) is 3. The summed E-state index contributed by atoms with van der Waals surface area (Å²) in [7, 11) is 2.13. The van der Waals surface area contributed by atoms with E-state index in [2.05, 4.69) is 60.0 Å². The number of rotatable bonds is 5. The van der Waals surface area contributed by atoms with Crippen molar-refractivity contribution in [3.05, 3.63) is 59.7 Å². The van der Waals surface area contributed by atoms with Crippen molar-refractivity contribution in [2.45, 2.75) is 32.9 Å². The fraction of sp³-hybridized carbons (Fsp3) is 0.375. The van der Waals surface area contributed by atoms with E-state index >= 15 is 0 Å². The van der Waals surface area contributed by atoms with E-state index in [1.807, 2.05) is 6.07 Å². The number of hydrogen-bond donors (Lipinski definition) is 0. The van der Waals surface area contributed by atoms with Crippen LogP contribution in [0.5, 0.6) is 0 Å². The number of aromatic nitrogens is 2. The second-order valence-corrected chi connectivity index (χ2v) is 4.90. The average molecular weight is 255 g/mol. The lowest BCUT2D eigenvalue weighted by molar-refractivity contribution is 0.248. The van der Waals surface area contributed by atoms with Gasteiger partial charge in [-0.15, -0.1) is 0 Å². The maximum Gasteiger partial charge on any atom is 0.115 e. The average Bonchev–Trinajstić information content (AvgIpc) is 2.48. The molecule has 1 heterocycles. The lowest BCUT2D eigenvalue weighted by Crippen LogP contribution is -2.22. The smallest absolute Gasteiger partial charge is 0.115 e. The van der Waals surface area contributed by atoms with Gasteiger partial charge in [0.1, 0.15) is 6.33 Å². The summed E-state index contributed by atoms with van der Waals surface area (Å²) in [4.78, 5) is 10.6. The summed E-state index contributed by atoms with van der Waals surface area (Å²) in [6.45, 7) is 5.27. The fourth-order valence-electron chi connectivity index (χ4n) is 2.08. The molecule has 0 amide bonds. The molecule has 0 saturated heterocycles. The van der Waals surface area contributed by atoms with Gasteiger partial charge in [0.15, 0.2) is 0 Å². The van der Waals surface area contributed by atoms with Crippen molar-refractivity contribution in [1.29, 1.82) is 0 Å². The van der Waals surface area contributed by atoms with Gasteiger partial charge in [-0.25, -0.2) is 9.97 Å². The van der Waals surface area contributed by atoms with Crippen molar-refractivity contribution in [2.75, 3.05) is 7.05 Å². The molecule has 0 spiro atoms. The Bertz CT molecular complexity index is 493. The van der Waals surface area contributed by atoms with Gasteiger partial charge in [-0.2, -0.15) is 0 Å². The Labute approximate surface area is 115 Å². The monoisotopic (exact) mass is 255 g/mol. The van der Waals surface area contributed by atoms with Crippen molar-refractivity contribution in [3.8, 4) is 0 Å². The molecule has 1 atom stereocenters. The van der Waals surface area contributed by atoms with Gasteiger partial charge in [0.05, 0.1) is 5.69 Å². The van der Waals surface area contributed by atoms with E-state index < -0.39 is 0 Å². The molecule has 0 aliphatic rings. The maximum absolute atomic E-state index is 4.32. The Kier molecular flexibility index (Phi) is 4.63. The van der Waals surface area contributed by atoms with E-state index in [9.17, 15) is 0 Å². The summed E-state index contributed by atoms with van der Waals surface area (Å²) < 4.78 is 0. The molecule has 0 aliphatic heterocycles. The second kappa shape index (κ2) is 6.43. The van der Waals surface area contributed by atoms with Crippen LogP contribution in [0.15, 0.2) is 42.9 Å². The topological polar surface area (TPSA) is 29.0 Å². The van der Waals surface area contributed by atoms with Crippen LogP contribution in [0.1, 0.15) is 36.7 Å². The van der Waals surface area contributed by atoms with Crippen LogP contribution in [0.2, 0.25) is 0 Å². The van der Waals surface area contributed by atoms with Gasteiger partial charge in [-0.05, 0) is 37.6 Å². The van der Waals surface area contributed by atoms with Gasteiger partial charge in [0.25, 0.3) is 0 Å². The predicted octanol–water partition coefficient (Wildman–Crippen LogP) is 3.23. The fourth-order valence-corrected chi connectivity index (χ4v) is 2.08. The van der Waals surface area contributed by atoms with E-state index in [-0.39, 0.29) is 6.04 Å². The third-order valence-electron chi connectivity index (χ3n) is 3.56. The van der Waals surface area contributed by atoms with E-state index in [1.165, 1.54) is 11.1 Å². The normalized spacial score (nSPS) is 12.6. The van der Waals surface area contributed by atoms with Gasteiger partial charge in [0, 0.05) is 18.8 Å². The molecule has 0 bridgehead atoms. The van der Waals surface area contributed by atoms with Crippen LogP contribution in [-0.4, -0.2) is 21.9 Å². The first kappa shape index (κ1) is 13.7. The first-order valence-electron chi connectivity index (χ1n) is 6.74. The van der Waals surface area contributed by atoms with Crippen LogP contribution in [-0.2, 0) is 13.0 Å². The highest BCUT2D eigenvalue weighted by molar-refractivity contribution is 5.22. The van der Waals surface area contributed by atoms with Crippen molar-refractivity contribution in [2.24, 2.45) is 0 Å². The molecular weight excluding hydrogens is 234 g/mol. The molecular formula is C16H21N3. The van der Waals surface area contributed by atoms with Gasteiger partial charge in [-0.1, -0.05) is 31.2 Å². The minimum absolute atomic E-state index is 0.286. The largest absolute Gasteiger partial charge is 0.294 e. The van der Waals surface area contributed by atoms with Gasteiger partial charge < -0.3 is 0 Å². The third kappa shape index (κ3) is 3.61. The van der Waals surface area contributed by atoms with Crippen LogP contribution < -0.4 is 0 Å². The third-order valence-corrected chi connectivity index (χ3v) is 3.56. The molecule has 3 heteroatoms. The van der Waals surface area contributed by atoms with E-state index in [0.29, 0.717) is 0 Å². The molecule has 19 heavy (non-hydrogen) atoms. The Morgan fingerprint density at radius 1 is 1.11 bits per heavy atom.